The average Bonchev–Trinajstić information content (AvgIpc) is 1.85. The van der Waals surface area contributed by atoms with E-state index >= 15 is 0 Å². The molecule has 3 rings (SSSR count). The highest BCUT2D eigenvalue weighted by Gasteiger charge is 2.48. The fourth-order valence-electron chi connectivity index (χ4n) is 2.83. The van der Waals surface area contributed by atoms with Crippen LogP contribution in [-0.2, 0) is 0 Å². The minimum atomic E-state index is 1.05. The van der Waals surface area contributed by atoms with E-state index in [1.165, 1.54) is 24.0 Å². The molecule has 0 aromatic rings. The maximum absolute atomic E-state index is 2.43. The van der Waals surface area contributed by atoms with Crippen LogP contribution >= 0.6 is 0 Å². The zero-order valence-electron chi connectivity index (χ0n) is 7.30. The molecule has 2 bridgehead atoms. The van der Waals surface area contributed by atoms with Gasteiger partial charge in [-0.15, -0.1) is 0 Å². The predicted octanol–water partition coefficient (Wildman–Crippen LogP) is 1.35. The summed E-state index contributed by atoms with van der Waals surface area (Å²) in [4.78, 5) is 0. The largest absolute Gasteiger partial charge is 0.328 e. The van der Waals surface area contributed by atoms with Crippen molar-refractivity contribution in [2.45, 2.75) is 13.3 Å². The van der Waals surface area contributed by atoms with Crippen LogP contribution in [0.1, 0.15) is 13.3 Å². The molecule has 1 heteroatoms. The molecule has 0 amide bonds. The van der Waals surface area contributed by atoms with E-state index in [9.17, 15) is 0 Å². The molecule has 1 saturated carbocycles. The molecule has 2 atom stereocenters. The van der Waals surface area contributed by atoms with Gasteiger partial charge in [0.25, 0.3) is 0 Å². The number of quaternary nitrogens is 1. The van der Waals surface area contributed by atoms with Crippen molar-refractivity contribution in [3.63, 3.8) is 0 Å². The molecule has 1 nitrogen and oxygen atoms in total. The Morgan fingerprint density at radius 1 is 1.10 bits per heavy atom. The van der Waals surface area contributed by atoms with Crippen LogP contribution in [0.25, 0.3) is 0 Å². The van der Waals surface area contributed by atoms with Crippen LogP contribution in [0.2, 0.25) is 0 Å². The van der Waals surface area contributed by atoms with Crippen molar-refractivity contribution in [2.24, 2.45) is 17.8 Å². The van der Waals surface area contributed by atoms with Gasteiger partial charge in [0.2, 0.25) is 0 Å². The second-order valence-electron chi connectivity index (χ2n) is 4.92. The van der Waals surface area contributed by atoms with E-state index < -0.39 is 0 Å². The first-order valence-electron chi connectivity index (χ1n) is 4.40. The van der Waals surface area contributed by atoms with Crippen LogP contribution in [0, 0.1) is 17.8 Å². The Hall–Kier alpha value is -0.0400. The molecule has 2 heterocycles. The smallest absolute Gasteiger partial charge is 0.0814 e. The summed E-state index contributed by atoms with van der Waals surface area (Å²) in [6, 6.07) is 0. The summed E-state index contributed by atoms with van der Waals surface area (Å²) >= 11 is 0. The molecular weight excluding hydrogens is 122 g/mol. The molecular formula is C9H18N+. The van der Waals surface area contributed by atoms with Crippen molar-refractivity contribution in [3.8, 4) is 0 Å². The Kier molecular flexibility index (Phi) is 1.17. The summed E-state index contributed by atoms with van der Waals surface area (Å²) in [5.74, 6) is 3.17. The van der Waals surface area contributed by atoms with E-state index in [-0.39, 0.29) is 0 Å². The van der Waals surface area contributed by atoms with Crippen molar-refractivity contribution in [1.82, 2.24) is 0 Å². The fourth-order valence-corrected chi connectivity index (χ4v) is 2.83. The van der Waals surface area contributed by atoms with Gasteiger partial charge in [-0.2, -0.15) is 0 Å². The molecule has 2 aliphatic heterocycles. The monoisotopic (exact) mass is 140 g/mol. The van der Waals surface area contributed by atoms with Gasteiger partial charge in [0.1, 0.15) is 0 Å². The summed E-state index contributed by atoms with van der Waals surface area (Å²) in [6.07, 6.45) is 1.53. The third kappa shape index (κ3) is 0.800. The molecule has 0 radical (unpaired) electrons. The summed E-state index contributed by atoms with van der Waals surface area (Å²) in [5.41, 5.74) is 0. The summed E-state index contributed by atoms with van der Waals surface area (Å²) in [6.45, 7) is 5.29. The van der Waals surface area contributed by atoms with Crippen molar-refractivity contribution < 1.29 is 4.48 Å². The molecule has 3 fully saturated rings. The van der Waals surface area contributed by atoms with Gasteiger partial charge < -0.3 is 4.48 Å². The maximum Gasteiger partial charge on any atom is 0.0814 e. The van der Waals surface area contributed by atoms with Gasteiger partial charge in [0.05, 0.1) is 27.2 Å². The number of nitrogens with zero attached hydrogens (tertiary/aromatic N) is 1. The Morgan fingerprint density at radius 3 is 1.90 bits per heavy atom. The van der Waals surface area contributed by atoms with Crippen LogP contribution in [0.5, 0.6) is 0 Å². The van der Waals surface area contributed by atoms with Crippen molar-refractivity contribution in [2.75, 3.05) is 27.2 Å². The van der Waals surface area contributed by atoms with Gasteiger partial charge in [-0.3, -0.25) is 0 Å². The van der Waals surface area contributed by atoms with Gasteiger partial charge in [-0.05, 0) is 12.3 Å². The van der Waals surface area contributed by atoms with Crippen molar-refractivity contribution >= 4 is 0 Å². The number of hydrogen-bond donors (Lipinski definition) is 0. The molecule has 2 unspecified atom stereocenters. The van der Waals surface area contributed by atoms with E-state index in [2.05, 4.69) is 21.0 Å². The topological polar surface area (TPSA) is 0 Å². The molecule has 58 valence electrons. The van der Waals surface area contributed by atoms with Gasteiger partial charge >= 0.3 is 0 Å². The Morgan fingerprint density at radius 2 is 1.60 bits per heavy atom. The zero-order valence-corrected chi connectivity index (χ0v) is 7.30. The van der Waals surface area contributed by atoms with Crippen LogP contribution < -0.4 is 0 Å². The van der Waals surface area contributed by atoms with Crippen molar-refractivity contribution in [1.29, 1.82) is 0 Å². The van der Waals surface area contributed by atoms with Crippen LogP contribution in [0.4, 0.5) is 0 Å². The standard InChI is InChI=1S/C9H18N/c1-7-8-4-9(7)6-10(2,3)5-8/h7-9H,4-6H2,1-3H3/q+1. The van der Waals surface area contributed by atoms with Gasteiger partial charge in [-0.1, -0.05) is 6.92 Å². The number of piperidine rings is 2. The quantitative estimate of drug-likeness (QED) is 0.446. The van der Waals surface area contributed by atoms with E-state index in [1.54, 1.807) is 0 Å². The average molecular weight is 140 g/mol. The first-order chi connectivity index (χ1) is 4.58. The molecule has 0 spiro atoms. The molecule has 1 aliphatic carbocycles. The maximum atomic E-state index is 2.43. The van der Waals surface area contributed by atoms with Gasteiger partial charge in [0, 0.05) is 11.8 Å². The lowest BCUT2D eigenvalue weighted by molar-refractivity contribution is -0.911. The number of hydrogen-bond acceptors (Lipinski definition) is 0. The second-order valence-corrected chi connectivity index (χ2v) is 4.92. The molecule has 0 aromatic heterocycles. The summed E-state index contributed by atoms with van der Waals surface area (Å²) in [5, 5.41) is 0. The lowest BCUT2D eigenvalue weighted by Crippen LogP contribution is -2.61. The van der Waals surface area contributed by atoms with Crippen LogP contribution in [0.3, 0.4) is 0 Å². The summed E-state index contributed by atoms with van der Waals surface area (Å²) < 4.78 is 1.28. The molecule has 3 aliphatic rings. The van der Waals surface area contributed by atoms with Gasteiger partial charge in [-0.25, -0.2) is 0 Å². The lowest BCUT2D eigenvalue weighted by atomic mass is 9.62. The summed E-state index contributed by atoms with van der Waals surface area (Å²) in [7, 11) is 4.73. The van der Waals surface area contributed by atoms with E-state index in [0.29, 0.717) is 0 Å². The normalized spacial score (nSPS) is 50.1. The zero-order chi connectivity index (χ0) is 7.35. The minimum Gasteiger partial charge on any atom is -0.328 e. The highest BCUT2D eigenvalue weighted by atomic mass is 15.3. The van der Waals surface area contributed by atoms with Crippen molar-refractivity contribution in [3.05, 3.63) is 0 Å². The third-order valence-corrected chi connectivity index (χ3v) is 3.55. The number of rotatable bonds is 0. The fraction of sp³-hybridized carbons (Fsp3) is 1.00. The first kappa shape index (κ1) is 6.66. The SMILES string of the molecule is CC1C2CC1C[N+](C)(C)C2. The van der Waals surface area contributed by atoms with Crippen LogP contribution in [-0.4, -0.2) is 31.7 Å². The van der Waals surface area contributed by atoms with E-state index in [4.69, 9.17) is 0 Å². The highest BCUT2D eigenvalue weighted by Crippen LogP contribution is 2.46. The molecule has 0 aromatic carbocycles. The Balaban J connectivity index is 2.06. The second kappa shape index (κ2) is 1.76. The molecule has 10 heavy (non-hydrogen) atoms. The van der Waals surface area contributed by atoms with Gasteiger partial charge in [0.15, 0.2) is 0 Å². The highest BCUT2D eigenvalue weighted by molar-refractivity contribution is 4.89. The number of fused-ring (bicyclic) bond motifs is 2. The lowest BCUT2D eigenvalue weighted by Gasteiger charge is -2.54. The predicted molar refractivity (Wildman–Crippen MR) is 42.6 cm³/mol. The Bertz CT molecular complexity index is 137. The molecule has 2 saturated heterocycles. The first-order valence-corrected chi connectivity index (χ1v) is 4.40. The van der Waals surface area contributed by atoms with E-state index in [0.717, 1.165) is 17.8 Å². The van der Waals surface area contributed by atoms with E-state index in [1.807, 2.05) is 0 Å². The Labute approximate surface area is 63.6 Å². The molecule has 0 N–H and O–H groups in total. The third-order valence-electron chi connectivity index (χ3n) is 3.55. The minimum absolute atomic E-state index is 1.05. The van der Waals surface area contributed by atoms with Crippen LogP contribution in [0.15, 0.2) is 0 Å².